The Labute approximate surface area is 124 Å². The number of nitrogens with one attached hydrogen (secondary N) is 1. The van der Waals surface area contributed by atoms with Crippen molar-refractivity contribution < 1.29 is 13.2 Å². The van der Waals surface area contributed by atoms with Crippen LogP contribution in [0.1, 0.15) is 6.92 Å². The molecule has 108 valence electrons. The van der Waals surface area contributed by atoms with Crippen LogP contribution in [0.4, 0.5) is 5.69 Å². The van der Waals surface area contributed by atoms with Gasteiger partial charge in [0.1, 0.15) is 4.91 Å². The molecule has 0 bridgehead atoms. The van der Waals surface area contributed by atoms with Gasteiger partial charge in [-0.1, -0.05) is 36.4 Å². The Hall–Kier alpha value is -2.40. The fraction of sp³-hybridized carbons (Fsp3) is 0.0625. The van der Waals surface area contributed by atoms with Crippen LogP contribution >= 0.6 is 0 Å². The zero-order valence-electron chi connectivity index (χ0n) is 11.5. The first-order valence-corrected chi connectivity index (χ1v) is 7.83. The molecule has 0 aliphatic rings. The van der Waals surface area contributed by atoms with Gasteiger partial charge in [0.05, 0.1) is 4.90 Å². The molecule has 0 amide bonds. The minimum atomic E-state index is -3.82. The van der Waals surface area contributed by atoms with E-state index in [1.54, 1.807) is 30.3 Å². The maximum Gasteiger partial charge on any atom is 0.211 e. The average Bonchev–Trinajstić information content (AvgIpc) is 2.49. The molecule has 0 unspecified atom stereocenters. The Morgan fingerprint density at radius 1 is 0.952 bits per heavy atom. The lowest BCUT2D eigenvalue weighted by molar-refractivity contribution is -0.113. The molecule has 0 saturated carbocycles. The predicted molar refractivity (Wildman–Crippen MR) is 82.5 cm³/mol. The molecule has 0 radical (unpaired) electrons. The van der Waals surface area contributed by atoms with E-state index >= 15 is 0 Å². The number of benzene rings is 2. The SMILES string of the molecule is CC(=O)/C(=C\Nc1ccccc1)S(=O)(=O)c1ccccc1. The third-order valence-corrected chi connectivity index (χ3v) is 4.71. The van der Waals surface area contributed by atoms with Crippen molar-refractivity contribution in [2.75, 3.05) is 5.32 Å². The van der Waals surface area contributed by atoms with Gasteiger partial charge in [-0.15, -0.1) is 0 Å². The van der Waals surface area contributed by atoms with Gasteiger partial charge in [0.15, 0.2) is 5.78 Å². The first-order chi connectivity index (χ1) is 10.0. The lowest BCUT2D eigenvalue weighted by Gasteiger charge is -2.07. The fourth-order valence-electron chi connectivity index (χ4n) is 1.78. The van der Waals surface area contributed by atoms with Gasteiger partial charge in [0.2, 0.25) is 9.84 Å². The predicted octanol–water partition coefficient (Wildman–Crippen LogP) is 3.00. The summed E-state index contributed by atoms with van der Waals surface area (Å²) in [5.74, 6) is -0.512. The van der Waals surface area contributed by atoms with Crippen molar-refractivity contribution >= 4 is 21.3 Å². The minimum absolute atomic E-state index is 0.0984. The maximum absolute atomic E-state index is 12.5. The van der Waals surface area contributed by atoms with Gasteiger partial charge in [0.25, 0.3) is 0 Å². The number of allylic oxidation sites excluding steroid dienone is 1. The maximum atomic E-state index is 12.5. The summed E-state index contributed by atoms with van der Waals surface area (Å²) in [6, 6.07) is 16.9. The third kappa shape index (κ3) is 3.58. The molecule has 0 saturated heterocycles. The number of carbonyl (C=O) groups is 1. The Bertz CT molecular complexity index is 751. The van der Waals surface area contributed by atoms with Gasteiger partial charge in [0, 0.05) is 11.9 Å². The smallest absolute Gasteiger partial charge is 0.211 e. The molecule has 2 aromatic rings. The molecule has 0 aliphatic carbocycles. The van der Waals surface area contributed by atoms with Crippen molar-refractivity contribution in [1.82, 2.24) is 0 Å². The van der Waals surface area contributed by atoms with Crippen LogP contribution in [0.25, 0.3) is 0 Å². The number of anilines is 1. The molecule has 0 fully saturated rings. The van der Waals surface area contributed by atoms with E-state index in [0.717, 1.165) is 0 Å². The summed E-state index contributed by atoms with van der Waals surface area (Å²) in [7, 11) is -3.82. The number of Topliss-reactive ketones (excluding diaryl/α,β-unsaturated/α-hetero) is 1. The van der Waals surface area contributed by atoms with E-state index in [1.165, 1.54) is 25.3 Å². The molecule has 5 heteroatoms. The summed E-state index contributed by atoms with van der Waals surface area (Å²) in [6.07, 6.45) is 1.24. The second-order valence-corrected chi connectivity index (χ2v) is 6.31. The summed E-state index contributed by atoms with van der Waals surface area (Å²) in [5, 5.41) is 2.84. The van der Waals surface area contributed by atoms with Crippen LogP contribution in [0.5, 0.6) is 0 Å². The first kappa shape index (κ1) is 15.0. The second-order valence-electron chi connectivity index (χ2n) is 4.39. The van der Waals surface area contributed by atoms with Crippen LogP contribution in [0, 0.1) is 0 Å². The number of sulfone groups is 1. The summed E-state index contributed by atoms with van der Waals surface area (Å²) >= 11 is 0. The molecule has 21 heavy (non-hydrogen) atoms. The van der Waals surface area contributed by atoms with Gasteiger partial charge >= 0.3 is 0 Å². The lowest BCUT2D eigenvalue weighted by Crippen LogP contribution is -2.13. The molecule has 0 atom stereocenters. The number of carbonyl (C=O) groups excluding carboxylic acids is 1. The standard InChI is InChI=1S/C16H15NO3S/c1-13(18)16(12-17-14-8-4-2-5-9-14)21(19,20)15-10-6-3-7-11-15/h2-12,17H,1H3/b16-12+. The van der Waals surface area contributed by atoms with Crippen LogP contribution in [0.3, 0.4) is 0 Å². The molecule has 0 heterocycles. The van der Waals surface area contributed by atoms with Crippen LogP contribution in [0.2, 0.25) is 0 Å². The van der Waals surface area contributed by atoms with Gasteiger partial charge in [-0.3, -0.25) is 4.79 Å². The Morgan fingerprint density at radius 3 is 2.00 bits per heavy atom. The summed E-state index contributed by atoms with van der Waals surface area (Å²) < 4.78 is 24.9. The molecule has 4 nitrogen and oxygen atoms in total. The van der Waals surface area contributed by atoms with Crippen LogP contribution in [-0.4, -0.2) is 14.2 Å². The normalized spacial score (nSPS) is 12.0. The zero-order chi connectivity index (χ0) is 15.3. The van der Waals surface area contributed by atoms with Gasteiger partial charge in [-0.05, 0) is 31.2 Å². The molecule has 1 N–H and O–H groups in total. The highest BCUT2D eigenvalue weighted by Gasteiger charge is 2.24. The summed E-state index contributed by atoms with van der Waals surface area (Å²) in [4.78, 5) is 11.5. The van der Waals surface area contributed by atoms with E-state index in [9.17, 15) is 13.2 Å². The lowest BCUT2D eigenvalue weighted by atomic mass is 10.3. The molecular weight excluding hydrogens is 286 g/mol. The number of hydrogen-bond donors (Lipinski definition) is 1. The zero-order valence-corrected chi connectivity index (χ0v) is 12.3. The van der Waals surface area contributed by atoms with E-state index in [2.05, 4.69) is 5.32 Å². The molecule has 2 rings (SSSR count). The Balaban J connectivity index is 2.38. The van der Waals surface area contributed by atoms with E-state index in [-0.39, 0.29) is 9.80 Å². The highest BCUT2D eigenvalue weighted by molar-refractivity contribution is 7.96. The number of para-hydroxylation sites is 1. The van der Waals surface area contributed by atoms with E-state index in [4.69, 9.17) is 0 Å². The monoisotopic (exact) mass is 301 g/mol. The summed E-state index contributed by atoms with van der Waals surface area (Å²) in [5.41, 5.74) is 0.708. The van der Waals surface area contributed by atoms with Crippen LogP contribution in [-0.2, 0) is 14.6 Å². The van der Waals surface area contributed by atoms with Crippen molar-refractivity contribution in [3.63, 3.8) is 0 Å². The van der Waals surface area contributed by atoms with E-state index in [1.807, 2.05) is 18.2 Å². The topological polar surface area (TPSA) is 63.2 Å². The highest BCUT2D eigenvalue weighted by atomic mass is 32.2. The second kappa shape index (κ2) is 6.37. The Kier molecular flexibility index (Phi) is 4.55. The quantitative estimate of drug-likeness (QED) is 0.862. The first-order valence-electron chi connectivity index (χ1n) is 6.34. The number of hydrogen-bond acceptors (Lipinski definition) is 4. The van der Waals surface area contributed by atoms with Crippen LogP contribution in [0.15, 0.2) is 76.7 Å². The van der Waals surface area contributed by atoms with Crippen molar-refractivity contribution in [3.05, 3.63) is 71.8 Å². The molecular formula is C16H15NO3S. The molecule has 0 aliphatic heterocycles. The third-order valence-electron chi connectivity index (χ3n) is 2.83. The largest absolute Gasteiger partial charge is 0.360 e. The highest BCUT2D eigenvalue weighted by Crippen LogP contribution is 2.20. The van der Waals surface area contributed by atoms with Crippen molar-refractivity contribution in [2.45, 2.75) is 11.8 Å². The van der Waals surface area contributed by atoms with E-state index in [0.29, 0.717) is 5.69 Å². The number of ketones is 1. The van der Waals surface area contributed by atoms with Crippen molar-refractivity contribution in [2.24, 2.45) is 0 Å². The number of rotatable bonds is 5. The molecule has 2 aromatic carbocycles. The van der Waals surface area contributed by atoms with Crippen molar-refractivity contribution in [1.29, 1.82) is 0 Å². The van der Waals surface area contributed by atoms with Crippen LogP contribution < -0.4 is 5.32 Å². The van der Waals surface area contributed by atoms with Gasteiger partial charge < -0.3 is 5.32 Å². The van der Waals surface area contributed by atoms with Crippen molar-refractivity contribution in [3.8, 4) is 0 Å². The summed E-state index contributed by atoms with van der Waals surface area (Å²) in [6.45, 7) is 1.24. The van der Waals surface area contributed by atoms with Gasteiger partial charge in [-0.25, -0.2) is 8.42 Å². The molecule has 0 aromatic heterocycles. The minimum Gasteiger partial charge on any atom is -0.360 e. The Morgan fingerprint density at radius 2 is 1.48 bits per heavy atom. The fourth-order valence-corrected chi connectivity index (χ4v) is 3.14. The van der Waals surface area contributed by atoms with E-state index < -0.39 is 15.6 Å². The average molecular weight is 301 g/mol. The molecule has 0 spiro atoms. The van der Waals surface area contributed by atoms with Gasteiger partial charge in [-0.2, -0.15) is 0 Å².